The number of nitrogens with zero attached hydrogens (tertiary/aromatic N) is 1. The summed E-state index contributed by atoms with van der Waals surface area (Å²) in [5.41, 5.74) is 1.92. The molecule has 1 N–H and O–H groups in total. The molecule has 1 atom stereocenters. The molecule has 0 spiro atoms. The van der Waals surface area contributed by atoms with Crippen LogP contribution in [0.5, 0.6) is 5.75 Å². The molecule has 6 nitrogen and oxygen atoms in total. The fraction of sp³-hybridized carbons (Fsp3) is 0.409. The topological polar surface area (TPSA) is 75.7 Å². The lowest BCUT2D eigenvalue weighted by Gasteiger charge is -2.37. The van der Waals surface area contributed by atoms with Crippen LogP contribution in [0.3, 0.4) is 0 Å². The van der Waals surface area contributed by atoms with Gasteiger partial charge < -0.3 is 9.64 Å². The number of carbonyl (C=O) groups excluding carboxylic acids is 1. The number of carbonyl (C=O) groups is 1. The molecule has 0 saturated carbocycles. The molecule has 154 valence electrons. The van der Waals surface area contributed by atoms with Crippen molar-refractivity contribution >= 4 is 21.6 Å². The van der Waals surface area contributed by atoms with Crippen LogP contribution in [0.2, 0.25) is 0 Å². The first-order valence-corrected chi connectivity index (χ1v) is 11.4. The summed E-state index contributed by atoms with van der Waals surface area (Å²) in [6.07, 6.45) is 1.90. The minimum absolute atomic E-state index is 0.0860. The minimum atomic E-state index is -3.74. The van der Waals surface area contributed by atoms with Gasteiger partial charge in [0.15, 0.2) is 0 Å². The number of ether oxygens (including phenoxy) is 1. The molecule has 0 aliphatic carbocycles. The van der Waals surface area contributed by atoms with E-state index in [1.165, 1.54) is 0 Å². The highest BCUT2D eigenvalue weighted by molar-refractivity contribution is 7.89. The van der Waals surface area contributed by atoms with Crippen LogP contribution in [0.25, 0.3) is 0 Å². The molecular formula is C22H26N2O4S. The standard InChI is InChI=1S/C22H26N2O4S/c1-15-13-16(10-11-19(15)24-12-6-9-21(24)25)29(26,27)23-18-14-22(2,3)28-20-8-5-4-7-17(18)20/h4-5,7-8,10-11,13,18,23H,6,9,12,14H2,1-3H3/t18-/m0/s1. The molecule has 1 amide bonds. The SMILES string of the molecule is Cc1cc(S(=O)(=O)N[C@H]2CC(C)(C)Oc3ccccc32)ccc1N1CCCC1=O. The van der Waals surface area contributed by atoms with Crippen molar-refractivity contribution in [1.82, 2.24) is 4.72 Å². The third-order valence-corrected chi connectivity index (χ3v) is 6.99. The number of hydrogen-bond acceptors (Lipinski definition) is 4. The van der Waals surface area contributed by atoms with Gasteiger partial charge >= 0.3 is 0 Å². The minimum Gasteiger partial charge on any atom is -0.487 e. The molecule has 2 aliphatic heterocycles. The van der Waals surface area contributed by atoms with E-state index in [4.69, 9.17) is 4.74 Å². The highest BCUT2D eigenvalue weighted by Gasteiger charge is 2.36. The van der Waals surface area contributed by atoms with E-state index in [1.807, 2.05) is 45.0 Å². The van der Waals surface area contributed by atoms with Crippen LogP contribution in [0, 0.1) is 6.92 Å². The highest BCUT2D eigenvalue weighted by Crippen LogP contribution is 2.40. The number of aryl methyl sites for hydroxylation is 1. The van der Waals surface area contributed by atoms with Crippen LogP contribution in [0.1, 0.15) is 50.3 Å². The lowest BCUT2D eigenvalue weighted by atomic mass is 9.90. The van der Waals surface area contributed by atoms with Crippen molar-refractivity contribution in [3.63, 3.8) is 0 Å². The lowest BCUT2D eigenvalue weighted by molar-refractivity contribution is -0.117. The number of anilines is 1. The number of benzene rings is 2. The van der Waals surface area contributed by atoms with E-state index in [-0.39, 0.29) is 16.8 Å². The third kappa shape index (κ3) is 3.89. The summed E-state index contributed by atoms with van der Waals surface area (Å²) in [5, 5.41) is 0. The molecule has 7 heteroatoms. The first-order chi connectivity index (χ1) is 13.7. The molecule has 2 heterocycles. The second-order valence-electron chi connectivity index (χ2n) is 8.37. The fourth-order valence-electron chi connectivity index (χ4n) is 4.16. The summed E-state index contributed by atoms with van der Waals surface area (Å²) in [6, 6.07) is 12.1. The summed E-state index contributed by atoms with van der Waals surface area (Å²) < 4.78 is 35.1. The Kier molecular flexibility index (Phi) is 4.91. The molecule has 2 aromatic rings. The quantitative estimate of drug-likeness (QED) is 0.828. The largest absolute Gasteiger partial charge is 0.487 e. The monoisotopic (exact) mass is 414 g/mol. The maximum Gasteiger partial charge on any atom is 0.241 e. The third-order valence-electron chi connectivity index (χ3n) is 5.52. The van der Waals surface area contributed by atoms with Gasteiger partial charge in [-0.25, -0.2) is 13.1 Å². The predicted octanol–water partition coefficient (Wildman–Crippen LogP) is 3.70. The number of amides is 1. The van der Waals surface area contributed by atoms with Crippen molar-refractivity contribution in [1.29, 1.82) is 0 Å². The van der Waals surface area contributed by atoms with Gasteiger partial charge in [0.25, 0.3) is 0 Å². The Bertz CT molecular complexity index is 1060. The zero-order valence-corrected chi connectivity index (χ0v) is 17.8. The molecule has 1 fully saturated rings. The average molecular weight is 415 g/mol. The maximum absolute atomic E-state index is 13.1. The Hall–Kier alpha value is -2.38. The normalized spacial score (nSPS) is 21.0. The Morgan fingerprint density at radius 1 is 1.17 bits per heavy atom. The maximum atomic E-state index is 13.1. The van der Waals surface area contributed by atoms with E-state index < -0.39 is 15.6 Å². The molecule has 29 heavy (non-hydrogen) atoms. The number of rotatable bonds is 4. The molecule has 4 rings (SSSR count). The molecule has 2 aromatic carbocycles. The van der Waals surface area contributed by atoms with Crippen molar-refractivity contribution in [2.75, 3.05) is 11.4 Å². The van der Waals surface area contributed by atoms with Crippen LogP contribution in [-0.4, -0.2) is 26.5 Å². The van der Waals surface area contributed by atoms with E-state index >= 15 is 0 Å². The van der Waals surface area contributed by atoms with Crippen LogP contribution in [-0.2, 0) is 14.8 Å². The van der Waals surface area contributed by atoms with Crippen LogP contribution in [0.4, 0.5) is 5.69 Å². The first-order valence-electron chi connectivity index (χ1n) is 9.88. The van der Waals surface area contributed by atoms with Gasteiger partial charge in [-0.3, -0.25) is 4.79 Å². The smallest absolute Gasteiger partial charge is 0.241 e. The summed E-state index contributed by atoms with van der Waals surface area (Å²) in [7, 11) is -3.74. The van der Waals surface area contributed by atoms with Crippen molar-refractivity contribution in [2.24, 2.45) is 0 Å². The Morgan fingerprint density at radius 2 is 1.93 bits per heavy atom. The van der Waals surface area contributed by atoms with Gasteiger partial charge in [0.05, 0.1) is 10.9 Å². The Balaban J connectivity index is 1.63. The van der Waals surface area contributed by atoms with E-state index in [0.717, 1.165) is 23.2 Å². The zero-order chi connectivity index (χ0) is 20.8. The number of sulfonamides is 1. The van der Waals surface area contributed by atoms with Gasteiger partial charge in [-0.2, -0.15) is 0 Å². The van der Waals surface area contributed by atoms with Gasteiger partial charge in [0, 0.05) is 30.6 Å². The zero-order valence-electron chi connectivity index (χ0n) is 16.9. The van der Waals surface area contributed by atoms with Gasteiger partial charge in [-0.15, -0.1) is 0 Å². The molecule has 0 unspecified atom stereocenters. The number of fused-ring (bicyclic) bond motifs is 1. The number of para-hydroxylation sites is 1. The highest BCUT2D eigenvalue weighted by atomic mass is 32.2. The van der Waals surface area contributed by atoms with E-state index in [9.17, 15) is 13.2 Å². The van der Waals surface area contributed by atoms with Crippen molar-refractivity contribution in [2.45, 2.75) is 56.6 Å². The van der Waals surface area contributed by atoms with Crippen molar-refractivity contribution in [3.05, 3.63) is 53.6 Å². The van der Waals surface area contributed by atoms with Crippen LogP contribution < -0.4 is 14.4 Å². The van der Waals surface area contributed by atoms with Crippen LogP contribution in [0.15, 0.2) is 47.4 Å². The van der Waals surface area contributed by atoms with E-state index in [0.29, 0.717) is 25.1 Å². The Labute approximate surface area is 171 Å². The summed E-state index contributed by atoms with van der Waals surface area (Å²) in [4.78, 5) is 14.0. The summed E-state index contributed by atoms with van der Waals surface area (Å²) in [6.45, 7) is 6.43. The number of hydrogen-bond donors (Lipinski definition) is 1. The van der Waals surface area contributed by atoms with E-state index in [2.05, 4.69) is 4.72 Å². The van der Waals surface area contributed by atoms with Crippen molar-refractivity contribution in [3.8, 4) is 5.75 Å². The second kappa shape index (κ2) is 7.15. The van der Waals surface area contributed by atoms with Gasteiger partial charge in [0.2, 0.25) is 15.9 Å². The lowest BCUT2D eigenvalue weighted by Crippen LogP contribution is -2.41. The molecule has 1 saturated heterocycles. The van der Waals surface area contributed by atoms with Gasteiger partial charge in [-0.05, 0) is 57.0 Å². The van der Waals surface area contributed by atoms with E-state index in [1.54, 1.807) is 23.1 Å². The molecule has 0 radical (unpaired) electrons. The number of nitrogens with one attached hydrogen (secondary N) is 1. The molecule has 0 aromatic heterocycles. The van der Waals surface area contributed by atoms with Crippen LogP contribution >= 0.6 is 0 Å². The Morgan fingerprint density at radius 3 is 2.62 bits per heavy atom. The van der Waals surface area contributed by atoms with Gasteiger partial charge in [0.1, 0.15) is 11.4 Å². The van der Waals surface area contributed by atoms with Crippen molar-refractivity contribution < 1.29 is 17.9 Å². The molecule has 0 bridgehead atoms. The summed E-state index contributed by atoms with van der Waals surface area (Å²) >= 11 is 0. The van der Waals surface area contributed by atoms with Gasteiger partial charge in [-0.1, -0.05) is 18.2 Å². The first kappa shape index (κ1) is 19.9. The fourth-order valence-corrected chi connectivity index (χ4v) is 5.46. The molecule has 2 aliphatic rings. The average Bonchev–Trinajstić information content (AvgIpc) is 3.06. The summed E-state index contributed by atoms with van der Waals surface area (Å²) in [5.74, 6) is 0.790. The second-order valence-corrected chi connectivity index (χ2v) is 10.1. The molecular weight excluding hydrogens is 388 g/mol. The predicted molar refractivity (Wildman–Crippen MR) is 112 cm³/mol.